The van der Waals surface area contributed by atoms with Crippen LogP contribution in [0, 0.1) is 6.92 Å². The molecule has 1 saturated heterocycles. The Morgan fingerprint density at radius 1 is 1.22 bits per heavy atom. The van der Waals surface area contributed by atoms with Gasteiger partial charge in [0.1, 0.15) is 17.6 Å². The average Bonchev–Trinajstić information content (AvgIpc) is 2.66. The summed E-state index contributed by atoms with van der Waals surface area (Å²) in [6.45, 7) is 4.54. The van der Waals surface area contributed by atoms with Gasteiger partial charge >= 0.3 is 0 Å². The summed E-state index contributed by atoms with van der Waals surface area (Å²) in [5, 5.41) is 3.15. The van der Waals surface area contributed by atoms with Crippen LogP contribution in [-0.4, -0.2) is 37.5 Å². The number of hydrogen-bond acceptors (Lipinski definition) is 3. The van der Waals surface area contributed by atoms with Crippen LogP contribution in [0.2, 0.25) is 0 Å². The van der Waals surface area contributed by atoms with Gasteiger partial charge in [-0.3, -0.25) is 4.90 Å². The number of rotatable bonds is 3. The SMILES string of the molecule is Cc1ccc([C@H](C(F)F)N2CCNCC2)o1.Cl.Cl. The van der Waals surface area contributed by atoms with Gasteiger partial charge in [0.05, 0.1) is 0 Å². The molecule has 2 heterocycles. The third-order valence-corrected chi connectivity index (χ3v) is 2.84. The molecule has 1 atom stereocenters. The number of halogens is 4. The van der Waals surface area contributed by atoms with Crippen molar-refractivity contribution < 1.29 is 13.2 Å². The lowest BCUT2D eigenvalue weighted by molar-refractivity contribution is 0.00717. The first-order valence-electron chi connectivity index (χ1n) is 5.48. The van der Waals surface area contributed by atoms with E-state index in [1.54, 1.807) is 24.0 Å². The van der Waals surface area contributed by atoms with Crippen LogP contribution >= 0.6 is 24.8 Å². The lowest BCUT2D eigenvalue weighted by Crippen LogP contribution is -2.46. The Labute approximate surface area is 118 Å². The first kappa shape index (κ1) is 17.6. The van der Waals surface area contributed by atoms with Gasteiger partial charge in [-0.05, 0) is 19.1 Å². The van der Waals surface area contributed by atoms with Crippen molar-refractivity contribution in [2.45, 2.75) is 19.4 Å². The Morgan fingerprint density at radius 3 is 2.28 bits per heavy atom. The number of aryl methyl sites for hydroxylation is 1. The van der Waals surface area contributed by atoms with E-state index in [9.17, 15) is 8.78 Å². The Balaban J connectivity index is 0.00000144. The van der Waals surface area contributed by atoms with Crippen LogP contribution in [0.25, 0.3) is 0 Å². The first-order chi connectivity index (χ1) is 7.68. The van der Waals surface area contributed by atoms with Gasteiger partial charge in [-0.15, -0.1) is 24.8 Å². The van der Waals surface area contributed by atoms with E-state index in [4.69, 9.17) is 4.42 Å². The molecule has 0 aromatic carbocycles. The maximum Gasteiger partial charge on any atom is 0.261 e. The molecule has 1 fully saturated rings. The quantitative estimate of drug-likeness (QED) is 0.930. The van der Waals surface area contributed by atoms with Gasteiger partial charge in [0.15, 0.2) is 0 Å². The number of piperazine rings is 1. The molecule has 0 bridgehead atoms. The molecule has 0 amide bonds. The molecule has 106 valence electrons. The predicted octanol–water partition coefficient (Wildman–Crippen LogP) is 2.64. The summed E-state index contributed by atoms with van der Waals surface area (Å²) in [6, 6.07) is 2.47. The third kappa shape index (κ3) is 4.09. The molecule has 0 saturated carbocycles. The Morgan fingerprint density at radius 2 is 1.83 bits per heavy atom. The molecule has 2 rings (SSSR count). The van der Waals surface area contributed by atoms with E-state index in [1.165, 1.54) is 0 Å². The minimum Gasteiger partial charge on any atom is -0.464 e. The van der Waals surface area contributed by atoms with Crippen molar-refractivity contribution in [3.8, 4) is 0 Å². The standard InChI is InChI=1S/C11H16F2N2O.2ClH/c1-8-2-3-9(16-8)10(11(12)13)15-6-4-14-5-7-15;;/h2-3,10-11,14H,4-7H2,1H3;2*1H/t10-;;/m1../s1. The van der Waals surface area contributed by atoms with Crippen LogP contribution in [0.3, 0.4) is 0 Å². The van der Waals surface area contributed by atoms with Crippen molar-refractivity contribution in [3.63, 3.8) is 0 Å². The van der Waals surface area contributed by atoms with Crippen molar-refractivity contribution >= 4 is 24.8 Å². The molecule has 18 heavy (non-hydrogen) atoms. The molecule has 0 spiro atoms. The highest BCUT2D eigenvalue weighted by Gasteiger charge is 2.32. The predicted molar refractivity (Wildman–Crippen MR) is 71.1 cm³/mol. The van der Waals surface area contributed by atoms with E-state index in [1.807, 2.05) is 0 Å². The molecule has 3 nitrogen and oxygen atoms in total. The number of hydrogen-bond donors (Lipinski definition) is 1. The molecular weight excluding hydrogens is 285 g/mol. The first-order valence-corrected chi connectivity index (χ1v) is 5.48. The summed E-state index contributed by atoms with van der Waals surface area (Å²) < 4.78 is 31.4. The summed E-state index contributed by atoms with van der Waals surface area (Å²) in [4.78, 5) is 1.78. The molecule has 1 aliphatic rings. The number of furan rings is 1. The monoisotopic (exact) mass is 302 g/mol. The normalized spacial score (nSPS) is 18.0. The number of nitrogens with one attached hydrogen (secondary N) is 1. The van der Waals surface area contributed by atoms with E-state index in [-0.39, 0.29) is 24.8 Å². The van der Waals surface area contributed by atoms with Crippen molar-refractivity contribution in [1.82, 2.24) is 10.2 Å². The lowest BCUT2D eigenvalue weighted by atomic mass is 10.1. The van der Waals surface area contributed by atoms with Gasteiger partial charge in [-0.1, -0.05) is 0 Å². The topological polar surface area (TPSA) is 28.4 Å². The maximum absolute atomic E-state index is 13.1. The van der Waals surface area contributed by atoms with Crippen molar-refractivity contribution in [1.29, 1.82) is 0 Å². The summed E-state index contributed by atoms with van der Waals surface area (Å²) in [6.07, 6.45) is -2.41. The molecule has 1 aliphatic heterocycles. The van der Waals surface area contributed by atoms with Crippen molar-refractivity contribution in [3.05, 3.63) is 23.7 Å². The fourth-order valence-corrected chi connectivity index (χ4v) is 2.04. The van der Waals surface area contributed by atoms with Crippen LogP contribution in [0.15, 0.2) is 16.5 Å². The molecule has 0 unspecified atom stereocenters. The summed E-state index contributed by atoms with van der Waals surface area (Å²) in [5.74, 6) is 1.05. The van der Waals surface area contributed by atoms with Gasteiger partial charge in [-0.25, -0.2) is 8.78 Å². The molecule has 1 aromatic rings. The second-order valence-corrected chi connectivity index (χ2v) is 4.01. The highest BCUT2D eigenvalue weighted by Crippen LogP contribution is 2.28. The van der Waals surface area contributed by atoms with Gasteiger partial charge in [0.25, 0.3) is 6.43 Å². The Hall–Kier alpha value is -0.360. The molecule has 1 aromatic heterocycles. The average molecular weight is 303 g/mol. The van der Waals surface area contributed by atoms with Crippen molar-refractivity contribution in [2.24, 2.45) is 0 Å². The minimum absolute atomic E-state index is 0. The van der Waals surface area contributed by atoms with Crippen LogP contribution in [0.5, 0.6) is 0 Å². The molecule has 7 heteroatoms. The molecule has 0 radical (unpaired) electrons. The lowest BCUT2D eigenvalue weighted by Gasteiger charge is -2.33. The number of alkyl halides is 2. The Kier molecular flexibility index (Phi) is 7.78. The maximum atomic E-state index is 13.1. The van der Waals surface area contributed by atoms with Gasteiger partial charge < -0.3 is 9.73 Å². The van der Waals surface area contributed by atoms with E-state index >= 15 is 0 Å². The highest BCUT2D eigenvalue weighted by atomic mass is 35.5. The largest absolute Gasteiger partial charge is 0.464 e. The van der Waals surface area contributed by atoms with Gasteiger partial charge in [0.2, 0.25) is 0 Å². The molecular formula is C11H18Cl2F2N2O. The molecule has 0 aliphatic carbocycles. The highest BCUT2D eigenvalue weighted by molar-refractivity contribution is 5.85. The summed E-state index contributed by atoms with van der Waals surface area (Å²) in [5.41, 5.74) is 0. The third-order valence-electron chi connectivity index (χ3n) is 2.84. The van der Waals surface area contributed by atoms with E-state index in [0.717, 1.165) is 13.1 Å². The van der Waals surface area contributed by atoms with Crippen LogP contribution in [0.1, 0.15) is 17.6 Å². The van der Waals surface area contributed by atoms with Crippen LogP contribution in [0.4, 0.5) is 8.78 Å². The Bertz CT molecular complexity index is 344. The minimum atomic E-state index is -2.41. The second-order valence-electron chi connectivity index (χ2n) is 4.01. The fourth-order valence-electron chi connectivity index (χ4n) is 2.04. The zero-order chi connectivity index (χ0) is 11.5. The summed E-state index contributed by atoms with van der Waals surface area (Å²) in [7, 11) is 0. The smallest absolute Gasteiger partial charge is 0.261 e. The zero-order valence-electron chi connectivity index (χ0n) is 10.1. The second kappa shape index (κ2) is 7.94. The van der Waals surface area contributed by atoms with E-state index in [0.29, 0.717) is 24.6 Å². The van der Waals surface area contributed by atoms with Gasteiger partial charge in [-0.2, -0.15) is 0 Å². The molecule has 1 N–H and O–H groups in total. The zero-order valence-corrected chi connectivity index (χ0v) is 11.7. The van der Waals surface area contributed by atoms with Crippen LogP contribution < -0.4 is 5.32 Å². The van der Waals surface area contributed by atoms with Crippen molar-refractivity contribution in [2.75, 3.05) is 26.2 Å². The van der Waals surface area contributed by atoms with Gasteiger partial charge in [0, 0.05) is 26.2 Å². The van der Waals surface area contributed by atoms with E-state index in [2.05, 4.69) is 5.32 Å². The van der Waals surface area contributed by atoms with E-state index < -0.39 is 12.5 Å². The summed E-state index contributed by atoms with van der Waals surface area (Å²) >= 11 is 0. The fraction of sp³-hybridized carbons (Fsp3) is 0.636. The number of nitrogens with zero attached hydrogens (tertiary/aromatic N) is 1. The van der Waals surface area contributed by atoms with Crippen LogP contribution in [-0.2, 0) is 0 Å².